The molecule has 0 aliphatic rings. The summed E-state index contributed by atoms with van der Waals surface area (Å²) >= 11 is 0. The molecule has 0 fully saturated rings. The van der Waals surface area contributed by atoms with Crippen molar-refractivity contribution in [3.05, 3.63) is 35.9 Å². The summed E-state index contributed by atoms with van der Waals surface area (Å²) in [6.45, 7) is 9.89. The van der Waals surface area contributed by atoms with Crippen molar-refractivity contribution in [1.82, 2.24) is 5.32 Å². The van der Waals surface area contributed by atoms with Crippen LogP contribution >= 0.6 is 0 Å². The van der Waals surface area contributed by atoms with E-state index >= 15 is 0 Å². The number of carbonyl (C=O) groups is 1. The molecule has 0 bridgehead atoms. The van der Waals surface area contributed by atoms with Gasteiger partial charge in [0.25, 0.3) is 0 Å². The van der Waals surface area contributed by atoms with Gasteiger partial charge in [0, 0.05) is 0 Å². The van der Waals surface area contributed by atoms with E-state index in [2.05, 4.69) is 19.2 Å². The number of carbonyl (C=O) groups excluding carboxylic acids is 1. The lowest BCUT2D eigenvalue weighted by Gasteiger charge is -2.25. The van der Waals surface area contributed by atoms with Gasteiger partial charge in [0.1, 0.15) is 5.60 Å². The average molecular weight is 263 g/mol. The van der Waals surface area contributed by atoms with E-state index < -0.39 is 5.60 Å². The Morgan fingerprint density at radius 3 is 2.26 bits per heavy atom. The maximum absolute atomic E-state index is 11.9. The van der Waals surface area contributed by atoms with E-state index in [1.54, 1.807) is 0 Å². The van der Waals surface area contributed by atoms with E-state index in [0.717, 1.165) is 12.0 Å². The van der Waals surface area contributed by atoms with Crippen molar-refractivity contribution in [2.24, 2.45) is 5.92 Å². The zero-order valence-electron chi connectivity index (χ0n) is 12.6. The molecular formula is C16H25NO2. The number of ether oxygens (including phenoxy) is 1. The van der Waals surface area contributed by atoms with E-state index in [9.17, 15) is 4.79 Å². The third-order valence-corrected chi connectivity index (χ3v) is 2.60. The zero-order chi connectivity index (χ0) is 14.5. The molecule has 0 saturated carbocycles. The molecule has 1 N–H and O–H groups in total. The second-order valence-corrected chi connectivity index (χ2v) is 6.24. The van der Waals surface area contributed by atoms with Crippen molar-refractivity contribution in [3.63, 3.8) is 0 Å². The van der Waals surface area contributed by atoms with Crippen LogP contribution in [0, 0.1) is 5.92 Å². The van der Waals surface area contributed by atoms with Crippen molar-refractivity contribution in [2.75, 3.05) is 0 Å². The standard InChI is InChI=1S/C16H25NO2/c1-12(2)11-14(13-9-7-6-8-10-13)17-15(18)19-16(3,4)5/h6-10,12,14H,11H2,1-5H3,(H,17,18)/t14-/m1/s1. The van der Waals surface area contributed by atoms with Crippen LogP contribution in [0.5, 0.6) is 0 Å². The van der Waals surface area contributed by atoms with E-state index in [1.165, 1.54) is 0 Å². The molecule has 3 heteroatoms. The quantitative estimate of drug-likeness (QED) is 0.879. The minimum atomic E-state index is -0.469. The Kier molecular flexibility index (Phi) is 5.40. The van der Waals surface area contributed by atoms with Gasteiger partial charge in [-0.3, -0.25) is 0 Å². The summed E-state index contributed by atoms with van der Waals surface area (Å²) in [5.41, 5.74) is 0.644. The summed E-state index contributed by atoms with van der Waals surface area (Å²) in [6, 6.07) is 10.0. The molecule has 106 valence electrons. The van der Waals surface area contributed by atoms with Crippen molar-refractivity contribution in [2.45, 2.75) is 52.7 Å². The Bertz CT molecular complexity index is 393. The highest BCUT2D eigenvalue weighted by atomic mass is 16.6. The molecule has 0 radical (unpaired) electrons. The highest BCUT2D eigenvalue weighted by Crippen LogP contribution is 2.21. The molecule has 0 unspecified atom stereocenters. The summed E-state index contributed by atoms with van der Waals surface area (Å²) in [5, 5.41) is 2.96. The second kappa shape index (κ2) is 6.60. The largest absolute Gasteiger partial charge is 0.444 e. The number of rotatable bonds is 4. The van der Waals surface area contributed by atoms with Gasteiger partial charge < -0.3 is 10.1 Å². The van der Waals surface area contributed by atoms with Gasteiger partial charge in [-0.05, 0) is 38.7 Å². The van der Waals surface area contributed by atoms with Gasteiger partial charge in [-0.1, -0.05) is 44.2 Å². The van der Waals surface area contributed by atoms with E-state index in [0.29, 0.717) is 5.92 Å². The van der Waals surface area contributed by atoms with E-state index in [1.807, 2.05) is 51.1 Å². The van der Waals surface area contributed by atoms with Crippen molar-refractivity contribution < 1.29 is 9.53 Å². The summed E-state index contributed by atoms with van der Waals surface area (Å²) in [7, 11) is 0. The van der Waals surface area contributed by atoms with Crippen LogP contribution in [-0.4, -0.2) is 11.7 Å². The van der Waals surface area contributed by atoms with Gasteiger partial charge in [-0.2, -0.15) is 0 Å². The highest BCUT2D eigenvalue weighted by molar-refractivity contribution is 5.68. The Balaban J connectivity index is 2.73. The van der Waals surface area contributed by atoms with Crippen LogP contribution in [0.25, 0.3) is 0 Å². The Morgan fingerprint density at radius 1 is 1.21 bits per heavy atom. The molecule has 0 spiro atoms. The monoisotopic (exact) mass is 263 g/mol. The highest BCUT2D eigenvalue weighted by Gasteiger charge is 2.21. The maximum Gasteiger partial charge on any atom is 0.408 e. The molecule has 1 aromatic carbocycles. The predicted octanol–water partition coefficient (Wildman–Crippen LogP) is 4.30. The number of benzene rings is 1. The minimum Gasteiger partial charge on any atom is -0.444 e. The number of amides is 1. The molecule has 0 heterocycles. The number of alkyl carbamates (subject to hydrolysis) is 1. The molecule has 1 aromatic rings. The van der Waals surface area contributed by atoms with Crippen LogP contribution in [0.1, 0.15) is 52.6 Å². The number of hydrogen-bond donors (Lipinski definition) is 1. The molecular weight excluding hydrogens is 238 g/mol. The fourth-order valence-corrected chi connectivity index (χ4v) is 1.88. The molecule has 19 heavy (non-hydrogen) atoms. The molecule has 1 rings (SSSR count). The van der Waals surface area contributed by atoms with Gasteiger partial charge in [-0.15, -0.1) is 0 Å². The molecule has 0 aliphatic heterocycles. The Labute approximate surface area is 116 Å². The average Bonchev–Trinajstić information content (AvgIpc) is 2.26. The third-order valence-electron chi connectivity index (χ3n) is 2.60. The van der Waals surface area contributed by atoms with Crippen LogP contribution in [0.2, 0.25) is 0 Å². The summed E-state index contributed by atoms with van der Waals surface area (Å²) in [6.07, 6.45) is 0.533. The Hall–Kier alpha value is -1.51. The van der Waals surface area contributed by atoms with Gasteiger partial charge in [0.2, 0.25) is 0 Å². The minimum absolute atomic E-state index is 0.00366. The molecule has 0 aliphatic carbocycles. The fraction of sp³-hybridized carbons (Fsp3) is 0.562. The van der Waals surface area contributed by atoms with Crippen molar-refractivity contribution in [1.29, 1.82) is 0 Å². The summed E-state index contributed by atoms with van der Waals surface area (Å²) in [5.74, 6) is 0.500. The van der Waals surface area contributed by atoms with Crippen LogP contribution in [0.15, 0.2) is 30.3 Å². The smallest absolute Gasteiger partial charge is 0.408 e. The Morgan fingerprint density at radius 2 is 1.79 bits per heavy atom. The van der Waals surface area contributed by atoms with Gasteiger partial charge in [-0.25, -0.2) is 4.79 Å². The molecule has 3 nitrogen and oxygen atoms in total. The van der Waals surface area contributed by atoms with Crippen LogP contribution in [0.3, 0.4) is 0 Å². The summed E-state index contributed by atoms with van der Waals surface area (Å²) in [4.78, 5) is 11.9. The summed E-state index contributed by atoms with van der Waals surface area (Å²) < 4.78 is 5.32. The van der Waals surface area contributed by atoms with Crippen molar-refractivity contribution >= 4 is 6.09 Å². The van der Waals surface area contributed by atoms with Gasteiger partial charge in [0.15, 0.2) is 0 Å². The predicted molar refractivity (Wildman–Crippen MR) is 78.0 cm³/mol. The first kappa shape index (κ1) is 15.5. The number of nitrogens with one attached hydrogen (secondary N) is 1. The maximum atomic E-state index is 11.9. The van der Waals surface area contributed by atoms with E-state index in [-0.39, 0.29) is 12.1 Å². The SMILES string of the molecule is CC(C)C[C@@H](NC(=O)OC(C)(C)C)c1ccccc1. The van der Waals surface area contributed by atoms with Crippen LogP contribution in [0.4, 0.5) is 4.79 Å². The van der Waals surface area contributed by atoms with Crippen LogP contribution < -0.4 is 5.32 Å². The first-order valence-electron chi connectivity index (χ1n) is 6.82. The lowest BCUT2D eigenvalue weighted by Crippen LogP contribution is -2.35. The molecule has 1 amide bonds. The zero-order valence-corrected chi connectivity index (χ0v) is 12.6. The molecule has 0 aromatic heterocycles. The topological polar surface area (TPSA) is 38.3 Å². The normalized spacial score (nSPS) is 13.2. The molecule has 1 atom stereocenters. The van der Waals surface area contributed by atoms with Crippen molar-refractivity contribution in [3.8, 4) is 0 Å². The first-order valence-corrected chi connectivity index (χ1v) is 6.82. The van der Waals surface area contributed by atoms with E-state index in [4.69, 9.17) is 4.74 Å². The van der Waals surface area contributed by atoms with Crippen LogP contribution in [-0.2, 0) is 4.74 Å². The second-order valence-electron chi connectivity index (χ2n) is 6.24. The third kappa shape index (κ3) is 6.27. The first-order chi connectivity index (χ1) is 8.78. The number of hydrogen-bond acceptors (Lipinski definition) is 2. The molecule has 0 saturated heterocycles. The lowest BCUT2D eigenvalue weighted by molar-refractivity contribution is 0.0498. The lowest BCUT2D eigenvalue weighted by atomic mass is 9.97. The van der Waals surface area contributed by atoms with Gasteiger partial charge in [0.05, 0.1) is 6.04 Å². The van der Waals surface area contributed by atoms with Gasteiger partial charge >= 0.3 is 6.09 Å². The fourth-order valence-electron chi connectivity index (χ4n) is 1.88.